The summed E-state index contributed by atoms with van der Waals surface area (Å²) in [5.74, 6) is 0. The molecule has 0 aliphatic carbocycles. The molecular weight excluding hydrogens is 985 g/mol. The van der Waals surface area contributed by atoms with Crippen molar-refractivity contribution in [3.63, 3.8) is 0 Å². The van der Waals surface area contributed by atoms with Crippen LogP contribution in [0, 0.1) is 41.5 Å². The molecule has 6 N–H and O–H groups in total. The smallest absolute Gasteiger partial charge is 0.225 e. The molecule has 80 heavy (non-hydrogen) atoms. The number of aromatic amines is 6. The molecule has 10 heteroatoms. The lowest BCUT2D eigenvalue weighted by Crippen LogP contribution is -2.04. The molecule has 10 heterocycles. The number of benzene rings is 1. The van der Waals surface area contributed by atoms with Crippen molar-refractivity contribution in [2.24, 2.45) is 0 Å². The Morgan fingerprint density at radius 3 is 0.875 bits per heavy atom. The quantitative estimate of drug-likeness (QED) is 0.0807. The van der Waals surface area contributed by atoms with Crippen LogP contribution in [0.2, 0.25) is 0 Å². The minimum absolute atomic E-state index is 0.00661. The zero-order chi connectivity index (χ0) is 56.9. The van der Waals surface area contributed by atoms with Gasteiger partial charge >= 0.3 is 0 Å². The van der Waals surface area contributed by atoms with Gasteiger partial charge in [-0.05, 0) is 231 Å². The fraction of sp³-hybridized carbons (Fsp3) is 0.343. The highest BCUT2D eigenvalue weighted by atomic mass is 16.1. The largest absolute Gasteiger partial charge is 0.354 e. The highest BCUT2D eigenvalue weighted by molar-refractivity contribution is 6.04. The van der Waals surface area contributed by atoms with E-state index in [1.165, 1.54) is 33.4 Å². The topological polar surface area (TPSA) is 155 Å². The molecule has 0 atom stereocenters. The van der Waals surface area contributed by atoms with Crippen LogP contribution in [0.15, 0.2) is 58.1 Å². The van der Waals surface area contributed by atoms with Crippen LogP contribution in [0.25, 0.3) is 111 Å². The van der Waals surface area contributed by atoms with Gasteiger partial charge in [0.2, 0.25) is 10.9 Å². The summed E-state index contributed by atoms with van der Waals surface area (Å²) >= 11 is 0. The number of nitrogens with one attached hydrogen (secondary N) is 6. The van der Waals surface area contributed by atoms with Crippen LogP contribution in [-0.2, 0) is 38.5 Å². The fourth-order valence-corrected chi connectivity index (χ4v) is 14.0. The number of aromatic nitrogens is 8. The number of H-pyrrole nitrogens is 6. The van der Waals surface area contributed by atoms with Gasteiger partial charge in [0.15, 0.2) is 0 Å². The van der Waals surface area contributed by atoms with Crippen molar-refractivity contribution in [3.05, 3.63) is 159 Å². The van der Waals surface area contributed by atoms with Gasteiger partial charge in [-0.15, -0.1) is 0 Å². The Balaban J connectivity index is 1.26. The molecule has 9 aromatic rings. The SMILES string of the molecule is CCC1=C(C)c2nc1cc1[nH]c(c(CC)c1C)c(=O)c1[nH]c(cc3[nH]c(c(C)c3CC)c2-c2ccc(-c3c4nc(cc5[nH]c(c(CC)c5C)c(=O)c5[nH]c(cc6[nH]c3c(C)c6CC)c(C)c5CC)C(CC)=C4C)cc2)c(C)c1CC. The molecule has 0 fully saturated rings. The van der Waals surface area contributed by atoms with E-state index in [0.29, 0.717) is 22.1 Å². The van der Waals surface area contributed by atoms with E-state index in [0.717, 1.165) is 196 Å². The molecule has 410 valence electrons. The van der Waals surface area contributed by atoms with Crippen molar-refractivity contribution in [2.45, 2.75) is 162 Å². The molecule has 0 saturated heterocycles. The summed E-state index contributed by atoms with van der Waals surface area (Å²) in [4.78, 5) is 63.3. The molecule has 11 rings (SSSR count). The third-order valence-electron chi connectivity index (χ3n) is 18.5. The molecule has 2 aliphatic heterocycles. The highest BCUT2D eigenvalue weighted by Gasteiger charge is 2.27. The third-order valence-corrected chi connectivity index (χ3v) is 18.5. The summed E-state index contributed by atoms with van der Waals surface area (Å²) in [6, 6.07) is 17.9. The molecule has 0 amide bonds. The average Bonchev–Trinajstić information content (AvgIpc) is 4.35. The lowest BCUT2D eigenvalue weighted by Gasteiger charge is -2.12. The van der Waals surface area contributed by atoms with Gasteiger partial charge in [0, 0.05) is 44.2 Å². The van der Waals surface area contributed by atoms with Crippen LogP contribution >= 0.6 is 0 Å². The number of hydrogen-bond acceptors (Lipinski definition) is 4. The Labute approximate surface area is 469 Å². The summed E-state index contributed by atoms with van der Waals surface area (Å²) in [6.07, 6.45) is 6.12. The highest BCUT2D eigenvalue weighted by Crippen LogP contribution is 2.44. The van der Waals surface area contributed by atoms with Crippen LogP contribution in [0.4, 0.5) is 0 Å². The van der Waals surface area contributed by atoms with E-state index >= 15 is 0 Å². The Morgan fingerprint density at radius 2 is 0.600 bits per heavy atom. The van der Waals surface area contributed by atoms with Crippen molar-refractivity contribution in [2.75, 3.05) is 0 Å². The van der Waals surface area contributed by atoms with Gasteiger partial charge in [-0.25, -0.2) is 9.97 Å². The van der Waals surface area contributed by atoms with Gasteiger partial charge in [-0.2, -0.15) is 0 Å². The van der Waals surface area contributed by atoms with Gasteiger partial charge < -0.3 is 29.9 Å². The fourth-order valence-electron chi connectivity index (χ4n) is 14.0. The standard InChI is InChI=1S/C70H78N8O2/c1-17-43-37(13)61-59(62-38(14)44(18-2)56(76-62)30-52-34(10)48(22-6)66(72-52)69(79)65-47(21-5)33(9)51(71-65)29-55(43)75-61)41-25-27-42(28-26-41)60-63-39(15)45(19-3)57(77-63)31-53-35(11)49(23-7)67(73-53)70(80)68-50(24-8)36(12)54(74-68)32-58-46(20-4)40(16)64(60)78-58/h25-32,71-75,77H,17-24H2,1-16H3. The summed E-state index contributed by atoms with van der Waals surface area (Å²) in [7, 11) is 0. The normalized spacial score (nSPS) is 12.9. The van der Waals surface area contributed by atoms with Crippen molar-refractivity contribution >= 4 is 88.5 Å². The molecule has 0 saturated carbocycles. The van der Waals surface area contributed by atoms with E-state index in [9.17, 15) is 9.59 Å². The number of nitrogens with zero attached hydrogens (tertiary/aromatic N) is 2. The number of hydrogen-bond donors (Lipinski definition) is 6. The van der Waals surface area contributed by atoms with Crippen LogP contribution in [0.3, 0.4) is 0 Å². The first-order chi connectivity index (χ1) is 38.5. The summed E-state index contributed by atoms with van der Waals surface area (Å²) in [5.41, 5.74) is 36.2. The van der Waals surface area contributed by atoms with Crippen molar-refractivity contribution in [1.82, 2.24) is 39.9 Å². The van der Waals surface area contributed by atoms with Crippen molar-refractivity contribution in [1.29, 1.82) is 0 Å². The number of allylic oxidation sites excluding steroid dienone is 4. The third kappa shape index (κ3) is 8.17. The first-order valence-corrected chi connectivity index (χ1v) is 29.4. The average molecular weight is 1060 g/mol. The first-order valence-electron chi connectivity index (χ1n) is 29.4. The molecule has 0 unspecified atom stereocenters. The number of fused-ring (bicyclic) bond motifs is 16. The van der Waals surface area contributed by atoms with Crippen LogP contribution in [0.5, 0.6) is 0 Å². The predicted octanol–water partition coefficient (Wildman–Crippen LogP) is 17.3. The monoisotopic (exact) mass is 1060 g/mol. The van der Waals surface area contributed by atoms with E-state index in [4.69, 9.17) is 9.97 Å². The predicted molar refractivity (Wildman–Crippen MR) is 340 cm³/mol. The molecule has 2 aliphatic rings. The second-order valence-corrected chi connectivity index (χ2v) is 22.4. The van der Waals surface area contributed by atoms with Gasteiger partial charge in [0.25, 0.3) is 0 Å². The Bertz CT molecular complexity index is 4280. The Morgan fingerprint density at radius 1 is 0.325 bits per heavy atom. The minimum Gasteiger partial charge on any atom is -0.354 e. The van der Waals surface area contributed by atoms with Gasteiger partial charge in [-0.1, -0.05) is 79.7 Å². The summed E-state index contributed by atoms with van der Waals surface area (Å²) in [5, 5.41) is 0. The maximum absolute atomic E-state index is 14.7. The van der Waals surface area contributed by atoms with Crippen LogP contribution in [-0.4, -0.2) is 39.9 Å². The molecule has 0 radical (unpaired) electrons. The van der Waals surface area contributed by atoms with Crippen molar-refractivity contribution in [3.8, 4) is 22.3 Å². The molecule has 0 spiro atoms. The molecular formula is C70H78N8O2. The van der Waals surface area contributed by atoms with E-state index in [-0.39, 0.29) is 10.9 Å². The zero-order valence-electron chi connectivity index (χ0n) is 50.0. The number of rotatable bonds is 10. The van der Waals surface area contributed by atoms with Gasteiger partial charge in [0.1, 0.15) is 0 Å². The van der Waals surface area contributed by atoms with Gasteiger partial charge in [0.05, 0.1) is 55.9 Å². The van der Waals surface area contributed by atoms with E-state index < -0.39 is 0 Å². The maximum Gasteiger partial charge on any atom is 0.225 e. The zero-order valence-corrected chi connectivity index (χ0v) is 50.0. The molecule has 1 aromatic carbocycles. The minimum atomic E-state index is -0.00661. The maximum atomic E-state index is 14.7. The molecule has 8 aromatic heterocycles. The Hall–Kier alpha value is -7.98. The van der Waals surface area contributed by atoms with Crippen LogP contribution < -0.4 is 10.9 Å². The lowest BCUT2D eigenvalue weighted by atomic mass is 9.92. The van der Waals surface area contributed by atoms with E-state index in [1.54, 1.807) is 0 Å². The first kappa shape index (κ1) is 54.0. The second kappa shape index (κ2) is 20.6. The molecule has 16 bridgehead atoms. The van der Waals surface area contributed by atoms with Crippen LogP contribution in [0.1, 0.15) is 172 Å². The molecule has 10 nitrogen and oxygen atoms in total. The Kier molecular flexibility index (Phi) is 13.9. The summed E-state index contributed by atoms with van der Waals surface area (Å²) in [6.45, 7) is 34.8. The van der Waals surface area contributed by atoms with Gasteiger partial charge in [-0.3, -0.25) is 9.59 Å². The second-order valence-electron chi connectivity index (χ2n) is 22.4. The van der Waals surface area contributed by atoms with E-state index in [1.807, 2.05) is 0 Å². The lowest BCUT2D eigenvalue weighted by molar-refractivity contribution is 1.13. The van der Waals surface area contributed by atoms with Crippen molar-refractivity contribution < 1.29 is 0 Å². The number of aryl methyl sites for hydroxylation is 12. The summed E-state index contributed by atoms with van der Waals surface area (Å²) < 4.78 is 0. The van der Waals surface area contributed by atoms with E-state index in [2.05, 4.69) is 189 Å².